The van der Waals surface area contributed by atoms with E-state index in [0.29, 0.717) is 25.8 Å². The summed E-state index contributed by atoms with van der Waals surface area (Å²) in [6.07, 6.45) is 2.37. The van der Waals surface area contributed by atoms with Gasteiger partial charge in [-0.3, -0.25) is 9.59 Å². The number of rotatable bonds is 5. The SMILES string of the molecule is O=C(O)C1(C(=O)NCCc2ccc(Cl)s2)CCC1. The van der Waals surface area contributed by atoms with Gasteiger partial charge in [-0.25, -0.2) is 0 Å². The number of hydrogen-bond acceptors (Lipinski definition) is 3. The van der Waals surface area contributed by atoms with Gasteiger partial charge in [0.25, 0.3) is 0 Å². The number of aliphatic carboxylic acids is 1. The Bertz CT molecular complexity index is 468. The van der Waals surface area contributed by atoms with Crippen molar-refractivity contribution >= 4 is 34.8 Å². The number of carbonyl (C=O) groups excluding carboxylic acids is 1. The van der Waals surface area contributed by atoms with Crippen molar-refractivity contribution in [1.29, 1.82) is 0 Å². The van der Waals surface area contributed by atoms with Crippen molar-refractivity contribution in [3.63, 3.8) is 0 Å². The molecule has 6 heteroatoms. The fraction of sp³-hybridized carbons (Fsp3) is 0.500. The Hall–Kier alpha value is -1.07. The predicted octanol–water partition coefficient (Wildman–Crippen LogP) is 2.32. The number of carbonyl (C=O) groups is 2. The van der Waals surface area contributed by atoms with Crippen LogP contribution in [0.2, 0.25) is 4.34 Å². The quantitative estimate of drug-likeness (QED) is 0.817. The second kappa shape index (κ2) is 5.28. The summed E-state index contributed by atoms with van der Waals surface area (Å²) < 4.78 is 0.720. The minimum absolute atomic E-state index is 0.357. The lowest BCUT2D eigenvalue weighted by atomic mass is 9.68. The van der Waals surface area contributed by atoms with Crippen LogP contribution in [-0.2, 0) is 16.0 Å². The zero-order valence-corrected chi connectivity index (χ0v) is 11.3. The molecule has 0 bridgehead atoms. The van der Waals surface area contributed by atoms with E-state index < -0.39 is 11.4 Å². The highest BCUT2D eigenvalue weighted by molar-refractivity contribution is 7.16. The Labute approximate surface area is 114 Å². The van der Waals surface area contributed by atoms with Gasteiger partial charge in [-0.2, -0.15) is 0 Å². The van der Waals surface area contributed by atoms with Crippen molar-refractivity contribution in [2.45, 2.75) is 25.7 Å². The molecule has 1 fully saturated rings. The highest BCUT2D eigenvalue weighted by Crippen LogP contribution is 2.41. The van der Waals surface area contributed by atoms with Gasteiger partial charge in [0, 0.05) is 11.4 Å². The fourth-order valence-corrected chi connectivity index (χ4v) is 3.11. The van der Waals surface area contributed by atoms with Gasteiger partial charge in [0.1, 0.15) is 5.41 Å². The van der Waals surface area contributed by atoms with Crippen LogP contribution in [0, 0.1) is 5.41 Å². The molecule has 4 nitrogen and oxygen atoms in total. The van der Waals surface area contributed by atoms with Crippen LogP contribution in [0.1, 0.15) is 24.1 Å². The van der Waals surface area contributed by atoms with Crippen LogP contribution in [0.4, 0.5) is 0 Å². The van der Waals surface area contributed by atoms with E-state index in [1.54, 1.807) is 0 Å². The van der Waals surface area contributed by atoms with Gasteiger partial charge in [-0.15, -0.1) is 11.3 Å². The molecule has 0 radical (unpaired) electrons. The summed E-state index contributed by atoms with van der Waals surface area (Å²) in [6, 6.07) is 3.73. The van der Waals surface area contributed by atoms with Crippen LogP contribution in [0.15, 0.2) is 12.1 Å². The second-order valence-electron chi connectivity index (χ2n) is 4.45. The van der Waals surface area contributed by atoms with Gasteiger partial charge < -0.3 is 10.4 Å². The largest absolute Gasteiger partial charge is 0.480 e. The highest BCUT2D eigenvalue weighted by Gasteiger charge is 2.50. The van der Waals surface area contributed by atoms with E-state index in [9.17, 15) is 9.59 Å². The van der Waals surface area contributed by atoms with Gasteiger partial charge >= 0.3 is 5.97 Å². The first-order chi connectivity index (χ1) is 8.54. The summed E-state index contributed by atoms with van der Waals surface area (Å²) >= 11 is 7.27. The molecule has 98 valence electrons. The number of carboxylic acids is 1. The maximum absolute atomic E-state index is 11.9. The summed E-state index contributed by atoms with van der Waals surface area (Å²) in [5.74, 6) is -1.37. The van der Waals surface area contributed by atoms with Crippen molar-refractivity contribution in [3.8, 4) is 0 Å². The van der Waals surface area contributed by atoms with Crippen LogP contribution in [-0.4, -0.2) is 23.5 Å². The molecule has 18 heavy (non-hydrogen) atoms. The van der Waals surface area contributed by atoms with E-state index in [4.69, 9.17) is 16.7 Å². The van der Waals surface area contributed by atoms with Crippen molar-refractivity contribution in [2.75, 3.05) is 6.54 Å². The molecule has 2 rings (SSSR count). The molecule has 1 heterocycles. The monoisotopic (exact) mass is 287 g/mol. The fourth-order valence-electron chi connectivity index (χ4n) is 2.02. The van der Waals surface area contributed by atoms with Crippen molar-refractivity contribution in [3.05, 3.63) is 21.3 Å². The topological polar surface area (TPSA) is 66.4 Å². The molecular weight excluding hydrogens is 274 g/mol. The lowest BCUT2D eigenvalue weighted by molar-refractivity contribution is -0.162. The minimum Gasteiger partial charge on any atom is -0.480 e. The van der Waals surface area contributed by atoms with E-state index in [2.05, 4.69) is 5.32 Å². The second-order valence-corrected chi connectivity index (χ2v) is 6.25. The number of nitrogens with one attached hydrogen (secondary N) is 1. The van der Waals surface area contributed by atoms with E-state index >= 15 is 0 Å². The third-order valence-electron chi connectivity index (χ3n) is 3.34. The maximum Gasteiger partial charge on any atom is 0.319 e. The zero-order chi connectivity index (χ0) is 13.2. The summed E-state index contributed by atoms with van der Waals surface area (Å²) in [5.41, 5.74) is -1.17. The molecule has 0 unspecified atom stereocenters. The van der Waals surface area contributed by atoms with Crippen LogP contribution in [0.25, 0.3) is 0 Å². The number of amides is 1. The van der Waals surface area contributed by atoms with E-state index in [-0.39, 0.29) is 5.91 Å². The molecule has 0 spiro atoms. The molecule has 1 amide bonds. The summed E-state index contributed by atoms with van der Waals surface area (Å²) in [4.78, 5) is 24.1. The van der Waals surface area contributed by atoms with Crippen LogP contribution in [0.3, 0.4) is 0 Å². The molecule has 0 aliphatic heterocycles. The molecular formula is C12H14ClNO3S. The van der Waals surface area contributed by atoms with Gasteiger partial charge in [0.2, 0.25) is 5.91 Å². The summed E-state index contributed by atoms with van der Waals surface area (Å²) in [7, 11) is 0. The molecule has 2 N–H and O–H groups in total. The first-order valence-electron chi connectivity index (χ1n) is 5.80. The Morgan fingerprint density at radius 3 is 2.61 bits per heavy atom. The molecule has 1 aromatic heterocycles. The average Bonchev–Trinajstić information content (AvgIpc) is 2.61. The van der Waals surface area contributed by atoms with E-state index in [1.165, 1.54) is 11.3 Å². The van der Waals surface area contributed by atoms with Crippen LogP contribution in [0.5, 0.6) is 0 Å². The van der Waals surface area contributed by atoms with Crippen molar-refractivity contribution in [1.82, 2.24) is 5.32 Å². The molecule has 1 aliphatic carbocycles. The molecule has 0 atom stereocenters. The number of halogens is 1. The lowest BCUT2D eigenvalue weighted by Gasteiger charge is -2.35. The Balaban J connectivity index is 1.83. The Kier molecular flexibility index (Phi) is 3.92. The normalized spacial score (nSPS) is 16.9. The lowest BCUT2D eigenvalue weighted by Crippen LogP contribution is -2.51. The average molecular weight is 288 g/mol. The number of carboxylic acid groups (broad SMARTS) is 1. The van der Waals surface area contributed by atoms with Gasteiger partial charge in [0.15, 0.2) is 0 Å². The molecule has 0 aromatic carbocycles. The first kappa shape index (κ1) is 13.4. The standard InChI is InChI=1S/C12H14ClNO3S/c13-9-3-2-8(18-9)4-7-14-10(15)12(11(16)17)5-1-6-12/h2-3H,1,4-7H2,(H,14,15)(H,16,17). The highest BCUT2D eigenvalue weighted by atomic mass is 35.5. The van der Waals surface area contributed by atoms with Crippen LogP contribution < -0.4 is 5.32 Å². The van der Waals surface area contributed by atoms with Crippen LogP contribution >= 0.6 is 22.9 Å². The number of thiophene rings is 1. The van der Waals surface area contributed by atoms with E-state index in [1.807, 2.05) is 12.1 Å². The molecule has 1 aromatic rings. The molecule has 0 saturated heterocycles. The Morgan fingerprint density at radius 2 is 2.17 bits per heavy atom. The van der Waals surface area contributed by atoms with Crippen molar-refractivity contribution < 1.29 is 14.7 Å². The Morgan fingerprint density at radius 1 is 1.44 bits per heavy atom. The summed E-state index contributed by atoms with van der Waals surface area (Å²) in [6.45, 7) is 0.449. The maximum atomic E-state index is 11.9. The minimum atomic E-state index is -1.17. The third-order valence-corrected chi connectivity index (χ3v) is 4.63. The van der Waals surface area contributed by atoms with Gasteiger partial charge in [-0.05, 0) is 31.4 Å². The molecule has 1 aliphatic rings. The number of hydrogen-bond donors (Lipinski definition) is 2. The van der Waals surface area contributed by atoms with E-state index in [0.717, 1.165) is 15.6 Å². The zero-order valence-electron chi connectivity index (χ0n) is 9.74. The smallest absolute Gasteiger partial charge is 0.319 e. The van der Waals surface area contributed by atoms with Crippen molar-refractivity contribution in [2.24, 2.45) is 5.41 Å². The third kappa shape index (κ3) is 2.52. The first-order valence-corrected chi connectivity index (χ1v) is 7.00. The van der Waals surface area contributed by atoms with Gasteiger partial charge in [-0.1, -0.05) is 18.0 Å². The predicted molar refractivity (Wildman–Crippen MR) is 70.0 cm³/mol. The summed E-state index contributed by atoms with van der Waals surface area (Å²) in [5, 5.41) is 11.8. The molecule has 1 saturated carbocycles. The van der Waals surface area contributed by atoms with Gasteiger partial charge in [0.05, 0.1) is 4.34 Å².